The van der Waals surface area contributed by atoms with E-state index >= 15 is 0 Å². The second kappa shape index (κ2) is 9.61. The van der Waals surface area contributed by atoms with Gasteiger partial charge in [0.2, 0.25) is 0 Å². The van der Waals surface area contributed by atoms with Gasteiger partial charge < -0.3 is 8.98 Å². The summed E-state index contributed by atoms with van der Waals surface area (Å²) in [5, 5.41) is 7.33. The maximum atomic E-state index is 6.55. The highest BCUT2D eigenvalue weighted by Crippen LogP contribution is 2.41. The van der Waals surface area contributed by atoms with Crippen LogP contribution >= 0.6 is 0 Å². The molecule has 9 aromatic rings. The fourth-order valence-electron chi connectivity index (χ4n) is 7.81. The van der Waals surface area contributed by atoms with Gasteiger partial charge in [-0.1, -0.05) is 116 Å². The quantitative estimate of drug-likeness (QED) is 0.185. The zero-order valence-corrected chi connectivity index (χ0v) is 27.0. The van der Waals surface area contributed by atoms with E-state index in [0.717, 1.165) is 66.9 Å². The molecule has 0 saturated heterocycles. The predicted octanol–water partition coefficient (Wildman–Crippen LogP) is 9.61. The average Bonchev–Trinajstić information content (AvgIpc) is 3.74. The second-order valence-corrected chi connectivity index (χ2v) is 17.3. The number of benzene rings is 6. The Bertz CT molecular complexity index is 2710. The van der Waals surface area contributed by atoms with Crippen LogP contribution in [-0.4, -0.2) is 22.6 Å². The summed E-state index contributed by atoms with van der Waals surface area (Å²) in [4.78, 5) is 10.6. The van der Waals surface area contributed by atoms with Crippen LogP contribution in [0.5, 0.6) is 0 Å². The number of aromatic nitrogens is 3. The summed E-state index contributed by atoms with van der Waals surface area (Å²) in [6.07, 6.45) is 0. The van der Waals surface area contributed by atoms with Gasteiger partial charge in [0.25, 0.3) is 0 Å². The van der Waals surface area contributed by atoms with E-state index in [2.05, 4.69) is 145 Å². The van der Waals surface area contributed by atoms with E-state index in [9.17, 15) is 0 Å². The van der Waals surface area contributed by atoms with Gasteiger partial charge in [0.05, 0.1) is 27.8 Å². The molecule has 10 rings (SSSR count). The standard InChI is InChI=1S/C42H29N3OSi/c1-47(2)36-25-28(45-33-19-11-9-18-31(33)37-34(45)24-23-30-29-17-10-12-20-35(29)46-40(30)37)21-22-32(36)39-41(47)38(26-13-5-3-6-14-26)43-42(44-39)27-15-7-4-8-16-27/h3-25H,1-2H3. The predicted molar refractivity (Wildman–Crippen MR) is 197 cm³/mol. The third-order valence-electron chi connectivity index (χ3n) is 9.98. The Morgan fingerprint density at radius 1 is 0.574 bits per heavy atom. The molecular weight excluding hydrogens is 591 g/mol. The van der Waals surface area contributed by atoms with Crippen LogP contribution < -0.4 is 10.4 Å². The zero-order valence-electron chi connectivity index (χ0n) is 26.0. The van der Waals surface area contributed by atoms with Gasteiger partial charge in [0.1, 0.15) is 19.2 Å². The molecule has 0 spiro atoms. The minimum Gasteiger partial charge on any atom is -0.455 e. The van der Waals surface area contributed by atoms with Crippen LogP contribution in [-0.2, 0) is 0 Å². The molecular formula is C42H29N3OSi. The van der Waals surface area contributed by atoms with Gasteiger partial charge in [-0.25, -0.2) is 9.97 Å². The van der Waals surface area contributed by atoms with Crippen LogP contribution in [0.3, 0.4) is 0 Å². The fourth-order valence-corrected chi connectivity index (χ4v) is 11.0. The lowest BCUT2D eigenvalue weighted by Gasteiger charge is -2.22. The number of nitrogens with zero attached hydrogens (tertiary/aromatic N) is 3. The Kier molecular flexibility index (Phi) is 5.41. The van der Waals surface area contributed by atoms with Gasteiger partial charge >= 0.3 is 0 Å². The molecule has 0 N–H and O–H groups in total. The van der Waals surface area contributed by atoms with Crippen LogP contribution in [0, 0.1) is 0 Å². The lowest BCUT2D eigenvalue weighted by atomic mass is 10.1. The second-order valence-electron chi connectivity index (χ2n) is 13.0. The third kappa shape index (κ3) is 3.69. The van der Waals surface area contributed by atoms with E-state index in [0.29, 0.717) is 0 Å². The van der Waals surface area contributed by atoms with Gasteiger partial charge in [-0.3, -0.25) is 0 Å². The lowest BCUT2D eigenvalue weighted by Crippen LogP contribution is -2.50. The highest BCUT2D eigenvalue weighted by Gasteiger charge is 2.42. The molecule has 3 aromatic heterocycles. The SMILES string of the molecule is C[Si]1(C)c2cc(-n3c4ccccc4c4c5oc6ccccc6c5ccc43)ccc2-c2nc(-c3ccccc3)nc(-c3ccccc3)c21. The van der Waals surface area contributed by atoms with Gasteiger partial charge in [-0.15, -0.1) is 0 Å². The first-order valence-electron chi connectivity index (χ1n) is 16.1. The van der Waals surface area contributed by atoms with Crippen molar-refractivity contribution in [3.63, 3.8) is 0 Å². The number of furan rings is 1. The summed E-state index contributed by atoms with van der Waals surface area (Å²) in [6.45, 7) is 4.90. The molecule has 0 aliphatic carbocycles. The summed E-state index contributed by atoms with van der Waals surface area (Å²) < 4.78 is 8.96. The van der Waals surface area contributed by atoms with Crippen LogP contribution in [0.2, 0.25) is 13.1 Å². The van der Waals surface area contributed by atoms with Gasteiger partial charge in [-0.2, -0.15) is 0 Å². The minimum atomic E-state index is -2.23. The molecule has 1 aliphatic rings. The molecule has 5 heteroatoms. The summed E-state index contributed by atoms with van der Waals surface area (Å²) >= 11 is 0. The topological polar surface area (TPSA) is 43.9 Å². The van der Waals surface area contributed by atoms with Crippen molar-refractivity contribution in [2.75, 3.05) is 0 Å². The van der Waals surface area contributed by atoms with Crippen molar-refractivity contribution in [2.24, 2.45) is 0 Å². The van der Waals surface area contributed by atoms with Crippen molar-refractivity contribution in [3.8, 4) is 39.6 Å². The summed E-state index contributed by atoms with van der Waals surface area (Å²) in [5.74, 6) is 0.766. The number of fused-ring (bicyclic) bond motifs is 10. The molecule has 47 heavy (non-hydrogen) atoms. The smallest absolute Gasteiger partial charge is 0.160 e. The first kappa shape index (κ1) is 26.4. The molecule has 0 bridgehead atoms. The number of para-hydroxylation sites is 2. The highest BCUT2D eigenvalue weighted by atomic mass is 28.3. The summed E-state index contributed by atoms with van der Waals surface area (Å²) in [7, 11) is -2.23. The molecule has 0 radical (unpaired) electrons. The van der Waals surface area contributed by atoms with Crippen LogP contribution in [0.15, 0.2) is 144 Å². The largest absolute Gasteiger partial charge is 0.455 e. The van der Waals surface area contributed by atoms with E-state index < -0.39 is 8.07 Å². The first-order chi connectivity index (χ1) is 23.1. The van der Waals surface area contributed by atoms with Crippen molar-refractivity contribution in [2.45, 2.75) is 13.1 Å². The van der Waals surface area contributed by atoms with Crippen molar-refractivity contribution < 1.29 is 4.42 Å². The van der Waals surface area contributed by atoms with E-state index in [1.165, 1.54) is 26.8 Å². The molecule has 6 aromatic carbocycles. The highest BCUT2D eigenvalue weighted by molar-refractivity contribution is 7.04. The zero-order chi connectivity index (χ0) is 31.3. The Morgan fingerprint density at radius 2 is 1.26 bits per heavy atom. The molecule has 4 heterocycles. The van der Waals surface area contributed by atoms with E-state index in [-0.39, 0.29) is 0 Å². The molecule has 1 aliphatic heterocycles. The third-order valence-corrected chi connectivity index (χ3v) is 13.5. The monoisotopic (exact) mass is 619 g/mol. The molecule has 0 atom stereocenters. The fraction of sp³-hybridized carbons (Fsp3) is 0.0476. The summed E-state index contributed by atoms with van der Waals surface area (Å²) in [6, 6.07) is 49.4. The van der Waals surface area contributed by atoms with Crippen molar-refractivity contribution in [1.82, 2.24) is 14.5 Å². The van der Waals surface area contributed by atoms with Crippen LogP contribution in [0.25, 0.3) is 83.3 Å². The molecule has 4 nitrogen and oxygen atoms in total. The Morgan fingerprint density at radius 3 is 2.06 bits per heavy atom. The number of rotatable bonds is 3. The average molecular weight is 620 g/mol. The number of hydrogen-bond donors (Lipinski definition) is 0. The Labute approximate surface area is 272 Å². The van der Waals surface area contributed by atoms with Crippen LogP contribution in [0.4, 0.5) is 0 Å². The van der Waals surface area contributed by atoms with E-state index in [1.807, 2.05) is 12.1 Å². The Hall–Kier alpha value is -5.78. The maximum absolute atomic E-state index is 6.55. The molecule has 0 unspecified atom stereocenters. The van der Waals surface area contributed by atoms with Gasteiger partial charge in [0.15, 0.2) is 5.82 Å². The van der Waals surface area contributed by atoms with E-state index in [1.54, 1.807) is 0 Å². The molecule has 0 saturated carbocycles. The Balaban J connectivity index is 1.23. The van der Waals surface area contributed by atoms with Gasteiger partial charge in [-0.05, 0) is 52.3 Å². The minimum absolute atomic E-state index is 0.766. The lowest BCUT2D eigenvalue weighted by molar-refractivity contribution is 0.673. The molecule has 0 amide bonds. The molecule has 0 fully saturated rings. The summed E-state index contributed by atoms with van der Waals surface area (Å²) in [5.41, 5.74) is 10.8. The van der Waals surface area contributed by atoms with Gasteiger partial charge in [0, 0.05) is 33.0 Å². The van der Waals surface area contributed by atoms with Crippen molar-refractivity contribution >= 4 is 62.2 Å². The van der Waals surface area contributed by atoms with Crippen molar-refractivity contribution in [1.29, 1.82) is 0 Å². The molecule has 222 valence electrons. The normalized spacial score (nSPS) is 13.5. The maximum Gasteiger partial charge on any atom is 0.160 e. The van der Waals surface area contributed by atoms with E-state index in [4.69, 9.17) is 14.4 Å². The van der Waals surface area contributed by atoms with Crippen molar-refractivity contribution in [3.05, 3.63) is 140 Å². The van der Waals surface area contributed by atoms with Crippen LogP contribution in [0.1, 0.15) is 0 Å². The number of hydrogen-bond acceptors (Lipinski definition) is 3. The first-order valence-corrected chi connectivity index (χ1v) is 19.1.